The Morgan fingerprint density at radius 2 is 1.95 bits per heavy atom. The van der Waals surface area contributed by atoms with Crippen LogP contribution in [0.15, 0.2) is 24.3 Å². The van der Waals surface area contributed by atoms with Crippen molar-refractivity contribution in [2.24, 2.45) is 5.73 Å². The number of carbonyl (C=O) groups excluding carboxylic acids is 1. The molecule has 0 radical (unpaired) electrons. The van der Waals surface area contributed by atoms with Gasteiger partial charge in [0.1, 0.15) is 5.75 Å². The molecule has 0 atom stereocenters. The van der Waals surface area contributed by atoms with Crippen molar-refractivity contribution in [2.45, 2.75) is 33.1 Å². The van der Waals surface area contributed by atoms with Crippen LogP contribution in [0.2, 0.25) is 0 Å². The molecule has 0 spiro atoms. The number of hydrogen-bond donors (Lipinski definition) is 1. The second kappa shape index (κ2) is 9.34. The summed E-state index contributed by atoms with van der Waals surface area (Å²) in [6.07, 6.45) is 2.68. The predicted octanol–water partition coefficient (Wildman–Crippen LogP) is 3.00. The fourth-order valence-electron chi connectivity index (χ4n) is 1.86. The summed E-state index contributed by atoms with van der Waals surface area (Å²) in [6.45, 7) is 5.96. The van der Waals surface area contributed by atoms with E-state index < -0.39 is 0 Å². The largest absolute Gasteiger partial charge is 0.494 e. The average molecular weight is 308 g/mol. The first kappa shape index (κ1) is 17.4. The smallest absolute Gasteiger partial charge is 0.253 e. The fraction of sp³-hybridized carbons (Fsp3) is 0.500. The Bertz CT molecular complexity index is 460. The van der Waals surface area contributed by atoms with Crippen LogP contribution in [-0.4, -0.2) is 35.5 Å². The van der Waals surface area contributed by atoms with Crippen molar-refractivity contribution < 1.29 is 9.53 Å². The molecule has 0 unspecified atom stereocenters. The van der Waals surface area contributed by atoms with Crippen molar-refractivity contribution in [3.63, 3.8) is 0 Å². The zero-order valence-electron chi connectivity index (χ0n) is 12.8. The average Bonchev–Trinajstić information content (AvgIpc) is 2.48. The predicted molar refractivity (Wildman–Crippen MR) is 89.8 cm³/mol. The lowest BCUT2D eigenvalue weighted by Gasteiger charge is -2.20. The minimum Gasteiger partial charge on any atom is -0.494 e. The van der Waals surface area contributed by atoms with E-state index in [4.69, 9.17) is 22.7 Å². The van der Waals surface area contributed by atoms with Gasteiger partial charge in [0.15, 0.2) is 0 Å². The van der Waals surface area contributed by atoms with Crippen LogP contribution in [0.5, 0.6) is 5.75 Å². The van der Waals surface area contributed by atoms with Crippen LogP contribution in [0.4, 0.5) is 0 Å². The van der Waals surface area contributed by atoms with Gasteiger partial charge in [-0.3, -0.25) is 4.79 Å². The molecule has 0 aromatic heterocycles. The van der Waals surface area contributed by atoms with Gasteiger partial charge in [0.2, 0.25) is 0 Å². The number of amides is 1. The zero-order chi connectivity index (χ0) is 15.7. The quantitative estimate of drug-likeness (QED) is 0.563. The topological polar surface area (TPSA) is 55.6 Å². The third kappa shape index (κ3) is 6.12. The number of nitrogens with zero attached hydrogens (tertiary/aromatic N) is 1. The molecule has 2 N–H and O–H groups in total. The van der Waals surface area contributed by atoms with E-state index in [-0.39, 0.29) is 5.91 Å². The van der Waals surface area contributed by atoms with Crippen molar-refractivity contribution in [2.75, 3.05) is 19.7 Å². The summed E-state index contributed by atoms with van der Waals surface area (Å²) < 4.78 is 5.59. The molecule has 1 aromatic carbocycles. The van der Waals surface area contributed by atoms with E-state index in [0.29, 0.717) is 36.7 Å². The molecule has 0 saturated carbocycles. The molecular weight excluding hydrogens is 284 g/mol. The van der Waals surface area contributed by atoms with Gasteiger partial charge in [0.25, 0.3) is 5.91 Å². The molecule has 0 heterocycles. The van der Waals surface area contributed by atoms with E-state index in [1.54, 1.807) is 17.0 Å². The van der Waals surface area contributed by atoms with Gasteiger partial charge in [-0.15, -0.1) is 0 Å². The maximum absolute atomic E-state index is 12.4. The number of carbonyl (C=O) groups is 1. The number of thiocarbonyl (C=S) groups is 1. The number of unbranched alkanes of at least 4 members (excludes halogenated alkanes) is 1. The summed E-state index contributed by atoms with van der Waals surface area (Å²) >= 11 is 4.86. The number of benzene rings is 1. The minimum absolute atomic E-state index is 0.00569. The first-order valence-electron chi connectivity index (χ1n) is 7.38. The summed E-state index contributed by atoms with van der Waals surface area (Å²) in [4.78, 5) is 14.5. The van der Waals surface area contributed by atoms with Crippen molar-refractivity contribution in [1.82, 2.24) is 4.90 Å². The first-order valence-corrected chi connectivity index (χ1v) is 7.79. The van der Waals surface area contributed by atoms with E-state index >= 15 is 0 Å². The van der Waals surface area contributed by atoms with Gasteiger partial charge in [-0.1, -0.05) is 25.6 Å². The lowest BCUT2D eigenvalue weighted by Crippen LogP contribution is -2.33. The van der Waals surface area contributed by atoms with Gasteiger partial charge in [0, 0.05) is 25.1 Å². The fourth-order valence-corrected chi connectivity index (χ4v) is 1.95. The molecule has 1 amide bonds. The van der Waals surface area contributed by atoms with Gasteiger partial charge in [-0.2, -0.15) is 0 Å². The molecule has 0 aliphatic rings. The Kier molecular flexibility index (Phi) is 7.75. The summed E-state index contributed by atoms with van der Waals surface area (Å²) in [6, 6.07) is 7.27. The molecule has 5 heteroatoms. The van der Waals surface area contributed by atoms with Gasteiger partial charge in [-0.05, 0) is 37.6 Å². The maximum Gasteiger partial charge on any atom is 0.253 e. The van der Waals surface area contributed by atoms with Crippen molar-refractivity contribution in [3.05, 3.63) is 29.8 Å². The Morgan fingerprint density at radius 1 is 1.29 bits per heavy atom. The third-order valence-electron chi connectivity index (χ3n) is 3.16. The van der Waals surface area contributed by atoms with Gasteiger partial charge in [0.05, 0.1) is 11.6 Å². The number of hydrogen-bond acceptors (Lipinski definition) is 3. The zero-order valence-corrected chi connectivity index (χ0v) is 13.6. The Morgan fingerprint density at radius 3 is 2.48 bits per heavy atom. The van der Waals surface area contributed by atoms with Crippen LogP contribution in [0.25, 0.3) is 0 Å². The molecule has 1 aromatic rings. The molecule has 0 aliphatic carbocycles. The van der Waals surface area contributed by atoms with E-state index in [1.807, 2.05) is 19.1 Å². The summed E-state index contributed by atoms with van der Waals surface area (Å²) in [5.41, 5.74) is 6.14. The molecule has 0 fully saturated rings. The molecule has 116 valence electrons. The molecule has 4 nitrogen and oxygen atoms in total. The molecule has 0 aliphatic heterocycles. The normalized spacial score (nSPS) is 10.2. The van der Waals surface area contributed by atoms with Crippen LogP contribution < -0.4 is 10.5 Å². The standard InChI is InChI=1S/C16H24N2O2S/c1-3-5-12-20-14-8-6-13(7-9-14)16(19)18(4-2)11-10-15(17)21/h6-9H,3-5,10-12H2,1-2H3,(H2,17,21). The monoisotopic (exact) mass is 308 g/mol. The molecule has 21 heavy (non-hydrogen) atoms. The summed E-state index contributed by atoms with van der Waals surface area (Å²) in [5.74, 6) is 0.792. The van der Waals surface area contributed by atoms with E-state index in [1.165, 1.54) is 0 Å². The molecule has 0 saturated heterocycles. The molecule has 0 bridgehead atoms. The van der Waals surface area contributed by atoms with Crippen LogP contribution in [0.1, 0.15) is 43.5 Å². The SMILES string of the molecule is CCCCOc1ccc(C(=O)N(CC)CCC(N)=S)cc1. The van der Waals surface area contributed by atoms with E-state index in [9.17, 15) is 4.79 Å². The third-order valence-corrected chi connectivity index (χ3v) is 3.37. The highest BCUT2D eigenvalue weighted by atomic mass is 32.1. The van der Waals surface area contributed by atoms with E-state index in [0.717, 1.165) is 18.6 Å². The van der Waals surface area contributed by atoms with Gasteiger partial charge < -0.3 is 15.4 Å². The first-order chi connectivity index (χ1) is 10.1. The number of nitrogens with two attached hydrogens (primary N) is 1. The second-order valence-corrected chi connectivity index (χ2v) is 5.35. The highest BCUT2D eigenvalue weighted by molar-refractivity contribution is 7.80. The highest BCUT2D eigenvalue weighted by Gasteiger charge is 2.14. The van der Waals surface area contributed by atoms with Gasteiger partial charge >= 0.3 is 0 Å². The van der Waals surface area contributed by atoms with Crippen LogP contribution in [0, 0.1) is 0 Å². The number of rotatable bonds is 9. The Labute approximate surface area is 132 Å². The van der Waals surface area contributed by atoms with Gasteiger partial charge in [-0.25, -0.2) is 0 Å². The van der Waals surface area contributed by atoms with E-state index in [2.05, 4.69) is 6.92 Å². The van der Waals surface area contributed by atoms with Crippen molar-refractivity contribution in [3.8, 4) is 5.75 Å². The Hall–Kier alpha value is -1.62. The van der Waals surface area contributed by atoms with Crippen molar-refractivity contribution >= 4 is 23.1 Å². The molecular formula is C16H24N2O2S. The van der Waals surface area contributed by atoms with Crippen LogP contribution in [-0.2, 0) is 0 Å². The van der Waals surface area contributed by atoms with Crippen molar-refractivity contribution in [1.29, 1.82) is 0 Å². The minimum atomic E-state index is -0.00569. The highest BCUT2D eigenvalue weighted by Crippen LogP contribution is 2.14. The lowest BCUT2D eigenvalue weighted by molar-refractivity contribution is 0.0769. The van der Waals surface area contributed by atoms with Crippen LogP contribution in [0.3, 0.4) is 0 Å². The van der Waals surface area contributed by atoms with Crippen LogP contribution >= 0.6 is 12.2 Å². The summed E-state index contributed by atoms with van der Waals surface area (Å²) in [5, 5.41) is 0. The second-order valence-electron chi connectivity index (χ2n) is 4.83. The lowest BCUT2D eigenvalue weighted by atomic mass is 10.2. The number of ether oxygens (including phenoxy) is 1. The maximum atomic E-state index is 12.4. The molecule has 1 rings (SSSR count). The summed E-state index contributed by atoms with van der Waals surface area (Å²) in [7, 11) is 0. The Balaban J connectivity index is 2.62.